The maximum absolute atomic E-state index is 9.93. The Kier molecular flexibility index (Phi) is 6.95. The molecule has 0 fully saturated rings. The van der Waals surface area contributed by atoms with Crippen molar-refractivity contribution in [1.29, 1.82) is 0 Å². The first-order valence-electron chi connectivity index (χ1n) is 7.41. The van der Waals surface area contributed by atoms with Crippen molar-refractivity contribution in [2.45, 2.75) is 19.1 Å². The van der Waals surface area contributed by atoms with Crippen LogP contribution in [0.2, 0.25) is 0 Å². The van der Waals surface area contributed by atoms with Crippen LogP contribution in [0.25, 0.3) is 0 Å². The van der Waals surface area contributed by atoms with Gasteiger partial charge in [0.15, 0.2) is 0 Å². The molecule has 2 aromatic carbocycles. The summed E-state index contributed by atoms with van der Waals surface area (Å²) in [5.41, 5.74) is 2.19. The van der Waals surface area contributed by atoms with Crippen molar-refractivity contribution in [2.75, 3.05) is 19.8 Å². The molecule has 0 aromatic heterocycles. The van der Waals surface area contributed by atoms with Crippen LogP contribution in [0.3, 0.4) is 0 Å². The van der Waals surface area contributed by atoms with Crippen molar-refractivity contribution in [3.05, 3.63) is 71.8 Å². The van der Waals surface area contributed by atoms with E-state index in [-0.39, 0.29) is 0 Å². The van der Waals surface area contributed by atoms with Crippen LogP contribution in [0.15, 0.2) is 60.7 Å². The summed E-state index contributed by atoms with van der Waals surface area (Å²) in [6.45, 7) is 2.80. The normalized spacial score (nSPS) is 12.2. The van der Waals surface area contributed by atoms with Crippen molar-refractivity contribution in [1.82, 2.24) is 5.32 Å². The van der Waals surface area contributed by atoms with Crippen molar-refractivity contribution < 1.29 is 9.84 Å². The minimum atomic E-state index is -0.538. The molecule has 0 saturated heterocycles. The zero-order valence-corrected chi connectivity index (χ0v) is 12.2. The molecule has 0 saturated carbocycles. The number of aliphatic hydroxyl groups is 1. The Morgan fingerprint density at radius 1 is 0.952 bits per heavy atom. The van der Waals surface area contributed by atoms with E-state index < -0.39 is 6.10 Å². The van der Waals surface area contributed by atoms with Gasteiger partial charge in [0.1, 0.15) is 6.10 Å². The van der Waals surface area contributed by atoms with E-state index >= 15 is 0 Å². The summed E-state index contributed by atoms with van der Waals surface area (Å²) in [7, 11) is 0. The third kappa shape index (κ3) is 6.08. The first-order chi connectivity index (χ1) is 10.4. The number of benzene rings is 2. The summed E-state index contributed by atoms with van der Waals surface area (Å²) in [5.74, 6) is 0. The first-order valence-corrected chi connectivity index (χ1v) is 7.41. The second kappa shape index (κ2) is 9.29. The molecule has 0 amide bonds. The molecule has 2 N–H and O–H groups in total. The molecule has 3 heteroatoms. The lowest BCUT2D eigenvalue weighted by atomic mass is 10.1. The zero-order valence-electron chi connectivity index (χ0n) is 12.2. The third-order valence-electron chi connectivity index (χ3n) is 3.27. The van der Waals surface area contributed by atoms with Gasteiger partial charge < -0.3 is 15.2 Å². The molecule has 0 spiro atoms. The van der Waals surface area contributed by atoms with Crippen LogP contribution < -0.4 is 5.32 Å². The predicted molar refractivity (Wildman–Crippen MR) is 85.0 cm³/mol. The number of hydrogen-bond donors (Lipinski definition) is 2. The molecule has 0 heterocycles. The van der Waals surface area contributed by atoms with Crippen LogP contribution in [0, 0.1) is 0 Å². The summed E-state index contributed by atoms with van der Waals surface area (Å²) < 4.78 is 5.51. The fourth-order valence-corrected chi connectivity index (χ4v) is 2.09. The van der Waals surface area contributed by atoms with Gasteiger partial charge in [0.25, 0.3) is 0 Å². The Morgan fingerprint density at radius 2 is 1.62 bits per heavy atom. The lowest BCUT2D eigenvalue weighted by molar-refractivity contribution is 0.0352. The van der Waals surface area contributed by atoms with Gasteiger partial charge >= 0.3 is 0 Å². The van der Waals surface area contributed by atoms with Crippen molar-refractivity contribution in [3.8, 4) is 0 Å². The molecule has 0 radical (unpaired) electrons. The predicted octanol–water partition coefficient (Wildman–Crippen LogP) is 2.92. The van der Waals surface area contributed by atoms with E-state index in [2.05, 4.69) is 17.4 Å². The van der Waals surface area contributed by atoms with Crippen LogP contribution in [0.1, 0.15) is 23.7 Å². The van der Waals surface area contributed by atoms with E-state index in [1.165, 1.54) is 5.56 Å². The van der Waals surface area contributed by atoms with Crippen LogP contribution in [-0.2, 0) is 11.3 Å². The first kappa shape index (κ1) is 15.7. The number of nitrogens with one attached hydrogen (secondary N) is 1. The smallest absolute Gasteiger partial charge is 0.102 e. The Morgan fingerprint density at radius 3 is 2.33 bits per heavy atom. The van der Waals surface area contributed by atoms with Crippen LogP contribution in [0.4, 0.5) is 0 Å². The molecule has 21 heavy (non-hydrogen) atoms. The topological polar surface area (TPSA) is 41.5 Å². The highest BCUT2D eigenvalue weighted by molar-refractivity contribution is 5.17. The third-order valence-corrected chi connectivity index (χ3v) is 3.27. The Hall–Kier alpha value is -1.68. The van der Waals surface area contributed by atoms with Gasteiger partial charge in [-0.1, -0.05) is 60.7 Å². The second-order valence-corrected chi connectivity index (χ2v) is 5.02. The summed E-state index contributed by atoms with van der Waals surface area (Å²) in [5, 5.41) is 13.3. The Bertz CT molecular complexity index is 487. The average Bonchev–Trinajstić information content (AvgIpc) is 2.55. The minimum Gasteiger partial charge on any atom is -0.386 e. The number of hydrogen-bond acceptors (Lipinski definition) is 3. The molecule has 2 aromatic rings. The van der Waals surface area contributed by atoms with Gasteiger partial charge in [0.05, 0.1) is 6.61 Å². The highest BCUT2D eigenvalue weighted by Crippen LogP contribution is 2.11. The molecule has 112 valence electrons. The molecule has 3 nitrogen and oxygen atoms in total. The molecule has 0 aliphatic rings. The maximum Gasteiger partial charge on any atom is 0.102 e. The average molecular weight is 285 g/mol. The van der Waals surface area contributed by atoms with Gasteiger partial charge in [-0.3, -0.25) is 0 Å². The summed E-state index contributed by atoms with van der Waals surface area (Å²) in [4.78, 5) is 0. The summed E-state index contributed by atoms with van der Waals surface area (Å²) in [6.07, 6.45) is 0.400. The van der Waals surface area contributed by atoms with E-state index in [0.717, 1.165) is 25.1 Å². The summed E-state index contributed by atoms with van der Waals surface area (Å²) >= 11 is 0. The lowest BCUT2D eigenvalue weighted by Crippen LogP contribution is -2.17. The van der Waals surface area contributed by atoms with E-state index in [4.69, 9.17) is 4.74 Å². The van der Waals surface area contributed by atoms with Gasteiger partial charge in [0.2, 0.25) is 0 Å². The van der Waals surface area contributed by atoms with Crippen molar-refractivity contribution >= 4 is 0 Å². The maximum atomic E-state index is 9.93. The molecule has 1 atom stereocenters. The van der Waals surface area contributed by atoms with Gasteiger partial charge in [-0.25, -0.2) is 0 Å². The fraction of sp³-hybridized carbons (Fsp3) is 0.333. The van der Waals surface area contributed by atoms with Gasteiger partial charge in [0, 0.05) is 13.2 Å². The SMILES string of the molecule is OC(COCCCNCc1ccccc1)c1ccccc1. The monoisotopic (exact) mass is 285 g/mol. The molecular weight excluding hydrogens is 262 g/mol. The number of ether oxygens (including phenoxy) is 1. The fourth-order valence-electron chi connectivity index (χ4n) is 2.09. The van der Waals surface area contributed by atoms with E-state index in [9.17, 15) is 5.11 Å². The number of rotatable bonds is 9. The van der Waals surface area contributed by atoms with Crippen LogP contribution >= 0.6 is 0 Å². The Balaban J connectivity index is 1.50. The molecule has 0 aliphatic heterocycles. The molecule has 0 bridgehead atoms. The van der Waals surface area contributed by atoms with Gasteiger partial charge in [-0.05, 0) is 24.1 Å². The number of aliphatic hydroxyl groups excluding tert-OH is 1. The standard InChI is InChI=1S/C18H23NO2/c20-18(17-10-5-2-6-11-17)15-21-13-7-12-19-14-16-8-3-1-4-9-16/h1-6,8-11,18-20H,7,12-15H2. The highest BCUT2D eigenvalue weighted by atomic mass is 16.5. The van der Waals surface area contributed by atoms with E-state index in [1.54, 1.807) is 0 Å². The highest BCUT2D eigenvalue weighted by Gasteiger charge is 2.06. The molecular formula is C18H23NO2. The van der Waals surface area contributed by atoms with Gasteiger partial charge in [-0.15, -0.1) is 0 Å². The zero-order chi connectivity index (χ0) is 14.8. The molecule has 0 aliphatic carbocycles. The lowest BCUT2D eigenvalue weighted by Gasteiger charge is -2.11. The quantitative estimate of drug-likeness (QED) is 0.696. The van der Waals surface area contributed by atoms with Gasteiger partial charge in [-0.2, -0.15) is 0 Å². The summed E-state index contributed by atoms with van der Waals surface area (Å²) in [6, 6.07) is 19.9. The second-order valence-electron chi connectivity index (χ2n) is 5.02. The van der Waals surface area contributed by atoms with E-state index in [1.807, 2.05) is 48.5 Å². The van der Waals surface area contributed by atoms with Crippen LogP contribution in [0.5, 0.6) is 0 Å². The van der Waals surface area contributed by atoms with Crippen molar-refractivity contribution in [3.63, 3.8) is 0 Å². The molecule has 1 unspecified atom stereocenters. The largest absolute Gasteiger partial charge is 0.386 e. The molecule has 2 rings (SSSR count). The van der Waals surface area contributed by atoms with Crippen LogP contribution in [-0.4, -0.2) is 24.9 Å². The minimum absolute atomic E-state index is 0.350. The Labute approximate surface area is 126 Å². The van der Waals surface area contributed by atoms with Crippen molar-refractivity contribution in [2.24, 2.45) is 0 Å². The van der Waals surface area contributed by atoms with E-state index in [0.29, 0.717) is 13.2 Å².